The maximum atomic E-state index is 13.9. The Balaban J connectivity index is 2.63. The molecule has 1 spiro atoms. The Morgan fingerprint density at radius 1 is 0.793 bits per heavy atom. The third-order valence-corrected chi connectivity index (χ3v) is 17.4. The Morgan fingerprint density at radius 2 is 1.14 bits per heavy atom. The molecule has 0 saturated carbocycles. The summed E-state index contributed by atoms with van der Waals surface area (Å²) >= 11 is 0. The Morgan fingerprint density at radius 3 is 1.38 bits per heavy atom. The number of likely N-dealkylation sites (N-methyl/N-ethyl adjacent to an activating group) is 2. The van der Waals surface area contributed by atoms with Crippen molar-refractivity contribution >= 4 is 22.6 Å². The number of nitrogens with zero attached hydrogens (tertiary/aromatic N) is 2. The van der Waals surface area contributed by atoms with Gasteiger partial charge in [-0.25, -0.2) is 0 Å². The topological polar surface area (TPSA) is 96.0 Å². The zero-order valence-corrected chi connectivity index (χ0v) is 21.1. The van der Waals surface area contributed by atoms with Gasteiger partial charge in [-0.05, 0) is 0 Å². The van der Waals surface area contributed by atoms with E-state index >= 15 is 0 Å². The molecule has 0 aromatic heterocycles. The predicted molar refractivity (Wildman–Crippen MR) is 114 cm³/mol. The fraction of sp³-hybridized carbons (Fsp3) is 1.00. The average Bonchev–Trinajstić information content (AvgIpc) is 3.16. The summed E-state index contributed by atoms with van der Waals surface area (Å²) in [6.45, 7) is 9.64. The summed E-state index contributed by atoms with van der Waals surface area (Å²) in [5, 5.41) is -1.17. The molecular formula is C16H37N2O8P3. The van der Waals surface area contributed by atoms with E-state index in [0.29, 0.717) is 26.3 Å². The zero-order valence-electron chi connectivity index (χ0n) is 18.4. The van der Waals surface area contributed by atoms with Gasteiger partial charge in [0.15, 0.2) is 0 Å². The van der Waals surface area contributed by atoms with Gasteiger partial charge in [0.25, 0.3) is 0 Å². The Hall–Kier alpha value is 0.570. The Bertz CT molecular complexity index is 582. The van der Waals surface area contributed by atoms with Gasteiger partial charge < -0.3 is 0 Å². The molecule has 29 heavy (non-hydrogen) atoms. The molecule has 13 heteroatoms. The summed E-state index contributed by atoms with van der Waals surface area (Å²) in [6, 6.07) is 0. The molecule has 2 heterocycles. The third-order valence-electron chi connectivity index (χ3n) is 5.32. The first-order valence-corrected chi connectivity index (χ1v) is 15.6. The van der Waals surface area contributed by atoms with Crippen LogP contribution in [-0.2, 0) is 36.3 Å². The van der Waals surface area contributed by atoms with Crippen LogP contribution in [0.2, 0.25) is 0 Å². The molecule has 2 fully saturated rings. The summed E-state index contributed by atoms with van der Waals surface area (Å²) in [4.78, 5) is 0. The summed E-state index contributed by atoms with van der Waals surface area (Å²) in [5.74, 6) is 0. The number of rotatable bonds is 12. The molecule has 2 saturated heterocycles. The molecule has 10 nitrogen and oxygen atoms in total. The fourth-order valence-corrected chi connectivity index (χ4v) is 16.3. The van der Waals surface area contributed by atoms with Gasteiger partial charge in [0, 0.05) is 0 Å². The summed E-state index contributed by atoms with van der Waals surface area (Å²) < 4.78 is 67.1. The molecule has 2 aliphatic rings. The van der Waals surface area contributed by atoms with Crippen molar-refractivity contribution in [1.29, 1.82) is 0 Å². The van der Waals surface area contributed by atoms with Crippen LogP contribution in [0.1, 0.15) is 27.7 Å². The van der Waals surface area contributed by atoms with Crippen LogP contribution in [0.15, 0.2) is 0 Å². The van der Waals surface area contributed by atoms with Gasteiger partial charge in [-0.2, -0.15) is 0 Å². The monoisotopic (exact) mass is 478 g/mol. The molecule has 0 bridgehead atoms. The van der Waals surface area contributed by atoms with Gasteiger partial charge >= 0.3 is 174 Å². The molecule has 0 aliphatic carbocycles. The van der Waals surface area contributed by atoms with Gasteiger partial charge in [-0.3, -0.25) is 0 Å². The van der Waals surface area contributed by atoms with Crippen LogP contribution >= 0.6 is 22.6 Å². The van der Waals surface area contributed by atoms with Gasteiger partial charge in [-0.1, -0.05) is 0 Å². The first kappa shape index (κ1) is 25.8. The van der Waals surface area contributed by atoms with E-state index in [2.05, 4.69) is 0 Å². The number of hydrogen-bond donors (Lipinski definition) is 0. The van der Waals surface area contributed by atoms with Crippen LogP contribution in [0, 0.1) is 0 Å². The van der Waals surface area contributed by atoms with Crippen molar-refractivity contribution in [1.82, 2.24) is 9.34 Å². The van der Waals surface area contributed by atoms with Gasteiger partial charge in [0.2, 0.25) is 0 Å². The molecule has 0 amide bonds. The number of hydrogen-bond acceptors (Lipinski definition) is 10. The summed E-state index contributed by atoms with van der Waals surface area (Å²) in [7, 11) is -7.57. The molecule has 2 aliphatic heterocycles. The first-order chi connectivity index (χ1) is 13.7. The first-order valence-electron chi connectivity index (χ1n) is 10.2. The van der Waals surface area contributed by atoms with Gasteiger partial charge in [0.1, 0.15) is 0 Å². The van der Waals surface area contributed by atoms with Crippen molar-refractivity contribution in [3.8, 4) is 0 Å². The normalized spacial score (nSPS) is 24.3. The van der Waals surface area contributed by atoms with E-state index < -0.39 is 28.0 Å². The van der Waals surface area contributed by atoms with E-state index in [0.717, 1.165) is 0 Å². The van der Waals surface area contributed by atoms with E-state index in [1.807, 2.05) is 23.4 Å². The SMILES string of the molecule is CCOP(=O)(OCC)C(CP12(OCCN1C)OCCN2C)P(=O)(OCC)OCC. The van der Waals surface area contributed by atoms with Crippen molar-refractivity contribution < 1.29 is 36.3 Å². The molecule has 0 aromatic rings. The molecule has 174 valence electrons. The van der Waals surface area contributed by atoms with Crippen molar-refractivity contribution in [2.75, 3.05) is 73.0 Å². The van der Waals surface area contributed by atoms with Crippen molar-refractivity contribution in [3.05, 3.63) is 0 Å². The fourth-order valence-electron chi connectivity index (χ4n) is 3.97. The molecule has 0 N–H and O–H groups in total. The maximum absolute atomic E-state index is 13.9. The standard InChI is InChI=1S/C16H37N2O8P3/c1-7-21-27(19,22-8-2)16(28(20,23-9-3)24-10-4)15-29(17(5)11-13-25-29)18(6)12-14-26-29/h16H,7-15H2,1-6H3. The zero-order chi connectivity index (χ0) is 21.8. The van der Waals surface area contributed by atoms with E-state index in [-0.39, 0.29) is 32.6 Å². The van der Waals surface area contributed by atoms with Crippen LogP contribution < -0.4 is 0 Å². The second-order valence-corrected chi connectivity index (χ2v) is 16.0. The summed E-state index contributed by atoms with van der Waals surface area (Å²) in [5.41, 5.74) is 0. The molecule has 0 radical (unpaired) electrons. The van der Waals surface area contributed by atoms with Crippen LogP contribution in [-0.4, -0.2) is 87.7 Å². The second-order valence-electron chi connectivity index (χ2n) is 6.87. The van der Waals surface area contributed by atoms with Crippen LogP contribution in [0.3, 0.4) is 0 Å². The molecular weight excluding hydrogens is 441 g/mol. The molecule has 0 unspecified atom stereocenters. The third kappa shape index (κ3) is 4.55. The van der Waals surface area contributed by atoms with E-state index in [1.165, 1.54) is 0 Å². The van der Waals surface area contributed by atoms with Crippen molar-refractivity contribution in [3.63, 3.8) is 0 Å². The molecule has 0 atom stereocenters. The van der Waals surface area contributed by atoms with Gasteiger partial charge in [-0.15, -0.1) is 0 Å². The Kier molecular flexibility index (Phi) is 8.92. The van der Waals surface area contributed by atoms with Crippen LogP contribution in [0.25, 0.3) is 0 Å². The van der Waals surface area contributed by atoms with Crippen LogP contribution in [0.5, 0.6) is 0 Å². The quantitative estimate of drug-likeness (QED) is 0.383. The van der Waals surface area contributed by atoms with Gasteiger partial charge in [0.05, 0.1) is 0 Å². The minimum atomic E-state index is -3.89. The van der Waals surface area contributed by atoms with Crippen molar-refractivity contribution in [2.45, 2.75) is 33.1 Å². The minimum absolute atomic E-state index is 0.0488. The van der Waals surface area contributed by atoms with Crippen LogP contribution in [0.4, 0.5) is 0 Å². The molecule has 0 aromatic carbocycles. The van der Waals surface area contributed by atoms with Crippen molar-refractivity contribution in [2.24, 2.45) is 0 Å². The van der Waals surface area contributed by atoms with E-state index in [1.54, 1.807) is 27.7 Å². The predicted octanol–water partition coefficient (Wildman–Crippen LogP) is 3.98. The van der Waals surface area contributed by atoms with E-state index in [9.17, 15) is 9.13 Å². The average molecular weight is 478 g/mol. The molecule has 2 rings (SSSR count). The summed E-state index contributed by atoms with van der Waals surface area (Å²) in [6.07, 6.45) is 0.0488. The second kappa shape index (κ2) is 10.0. The van der Waals surface area contributed by atoms with E-state index in [4.69, 9.17) is 27.1 Å². The Labute approximate surface area is 174 Å².